The number of benzene rings is 2. The number of nitrogens with zero attached hydrogens (tertiary/aromatic N) is 3. The smallest absolute Gasteiger partial charge is 0.406 e. The summed E-state index contributed by atoms with van der Waals surface area (Å²) in [6.07, 6.45) is -1.94. The molecule has 5 nitrogen and oxygen atoms in total. The summed E-state index contributed by atoms with van der Waals surface area (Å²) in [7, 11) is 0. The Labute approximate surface area is 188 Å². The molecule has 166 valence electrons. The fourth-order valence-electron chi connectivity index (χ4n) is 3.84. The van der Waals surface area contributed by atoms with Gasteiger partial charge >= 0.3 is 6.36 Å². The summed E-state index contributed by atoms with van der Waals surface area (Å²) in [4.78, 5) is 11.6. The van der Waals surface area contributed by atoms with Crippen LogP contribution in [0.15, 0.2) is 48.5 Å². The zero-order valence-corrected chi connectivity index (χ0v) is 17.7. The lowest BCUT2D eigenvalue weighted by Gasteiger charge is -2.30. The monoisotopic (exact) mass is 460 g/mol. The van der Waals surface area contributed by atoms with Gasteiger partial charge in [0.2, 0.25) is 0 Å². The molecule has 0 saturated heterocycles. The molecule has 1 aliphatic heterocycles. The third kappa shape index (κ3) is 4.91. The van der Waals surface area contributed by atoms with Crippen LogP contribution in [0.4, 0.5) is 30.5 Å². The zero-order valence-electron chi connectivity index (χ0n) is 17.0. The van der Waals surface area contributed by atoms with E-state index < -0.39 is 6.36 Å². The summed E-state index contributed by atoms with van der Waals surface area (Å²) in [6.45, 7) is 1.19. The van der Waals surface area contributed by atoms with Crippen LogP contribution in [0.25, 0.3) is 0 Å². The average Bonchev–Trinajstić information content (AvgIpc) is 3.57. The number of hydrogen-bond donors (Lipinski definition) is 1. The van der Waals surface area contributed by atoms with E-state index in [-0.39, 0.29) is 5.75 Å². The van der Waals surface area contributed by atoms with E-state index in [1.54, 1.807) is 6.07 Å². The number of halogens is 4. The molecule has 0 unspecified atom stereocenters. The molecule has 0 bridgehead atoms. The summed E-state index contributed by atoms with van der Waals surface area (Å²) >= 11 is 6.10. The van der Waals surface area contributed by atoms with Crippen molar-refractivity contribution in [2.45, 2.75) is 38.1 Å². The van der Waals surface area contributed by atoms with Crippen LogP contribution in [0.1, 0.15) is 35.7 Å². The molecule has 2 aromatic carbocycles. The largest absolute Gasteiger partial charge is 0.573 e. The molecule has 0 atom stereocenters. The van der Waals surface area contributed by atoms with Gasteiger partial charge in [0.1, 0.15) is 23.2 Å². The minimum Gasteiger partial charge on any atom is -0.406 e. The fraction of sp³-hybridized carbons (Fsp3) is 0.304. The lowest BCUT2D eigenvalue weighted by atomic mass is 9.99. The van der Waals surface area contributed by atoms with Crippen LogP contribution < -0.4 is 15.0 Å². The molecule has 3 aromatic rings. The zero-order chi connectivity index (χ0) is 22.3. The molecule has 1 fully saturated rings. The Morgan fingerprint density at radius 2 is 1.88 bits per heavy atom. The standard InChI is InChI=1S/C23H20ClF3N4O/c24-17-2-1-3-18(11-17)28-20-12-21(30-22(29-20)14-4-5-14)31-9-8-15-10-19(32-23(25,26)27)7-6-16(15)13-31/h1-3,6-7,10-12,14H,4-5,8-9,13H2,(H,28,29,30). The summed E-state index contributed by atoms with van der Waals surface area (Å²) in [6, 6.07) is 13.9. The van der Waals surface area contributed by atoms with E-state index in [0.29, 0.717) is 36.3 Å². The molecule has 0 spiro atoms. The molecule has 1 aromatic heterocycles. The highest BCUT2D eigenvalue weighted by atomic mass is 35.5. The van der Waals surface area contributed by atoms with Crippen LogP contribution >= 0.6 is 11.6 Å². The Bertz CT molecular complexity index is 1150. The second-order valence-corrected chi connectivity index (χ2v) is 8.47. The maximum Gasteiger partial charge on any atom is 0.573 e. The maximum absolute atomic E-state index is 12.5. The van der Waals surface area contributed by atoms with Gasteiger partial charge in [-0.2, -0.15) is 0 Å². The van der Waals surface area contributed by atoms with Gasteiger partial charge in [-0.1, -0.05) is 23.7 Å². The van der Waals surface area contributed by atoms with E-state index in [1.165, 1.54) is 12.1 Å². The van der Waals surface area contributed by atoms with Gasteiger partial charge in [0.15, 0.2) is 0 Å². The third-order valence-electron chi connectivity index (χ3n) is 5.52. The molecule has 2 aliphatic rings. The van der Waals surface area contributed by atoms with Crippen molar-refractivity contribution in [1.29, 1.82) is 0 Å². The van der Waals surface area contributed by atoms with Gasteiger partial charge in [-0.25, -0.2) is 9.97 Å². The number of nitrogens with one attached hydrogen (secondary N) is 1. The molecule has 5 rings (SSSR count). The minimum atomic E-state index is -4.69. The third-order valence-corrected chi connectivity index (χ3v) is 5.75. The topological polar surface area (TPSA) is 50.3 Å². The van der Waals surface area contributed by atoms with Crippen molar-refractivity contribution < 1.29 is 17.9 Å². The highest BCUT2D eigenvalue weighted by Gasteiger charge is 2.32. The Kier molecular flexibility index (Phi) is 5.33. The van der Waals surface area contributed by atoms with Crippen LogP contribution in [-0.4, -0.2) is 22.9 Å². The maximum atomic E-state index is 12.5. The van der Waals surface area contributed by atoms with Crippen LogP contribution in [0.5, 0.6) is 5.75 Å². The molecule has 32 heavy (non-hydrogen) atoms. The molecule has 9 heteroatoms. The van der Waals surface area contributed by atoms with Crippen molar-refractivity contribution in [3.8, 4) is 5.75 Å². The van der Waals surface area contributed by atoms with Crippen LogP contribution in [0.3, 0.4) is 0 Å². The summed E-state index contributed by atoms with van der Waals surface area (Å²) in [5.74, 6) is 2.49. The first-order chi connectivity index (χ1) is 15.3. The second-order valence-electron chi connectivity index (χ2n) is 8.03. The number of hydrogen-bond acceptors (Lipinski definition) is 5. The highest BCUT2D eigenvalue weighted by molar-refractivity contribution is 6.30. The van der Waals surface area contributed by atoms with Gasteiger partial charge in [0.05, 0.1) is 0 Å². The van der Waals surface area contributed by atoms with Crippen molar-refractivity contribution in [3.63, 3.8) is 0 Å². The van der Waals surface area contributed by atoms with E-state index in [9.17, 15) is 13.2 Å². The first-order valence-electron chi connectivity index (χ1n) is 10.4. The van der Waals surface area contributed by atoms with Gasteiger partial charge in [-0.3, -0.25) is 0 Å². The SMILES string of the molecule is FC(F)(F)Oc1ccc2c(c1)CCN(c1cc(Nc3cccc(Cl)c3)nc(C3CC3)n1)C2. The van der Waals surface area contributed by atoms with Crippen LogP contribution in [0.2, 0.25) is 5.02 Å². The van der Waals surface area contributed by atoms with Crippen molar-refractivity contribution in [3.05, 3.63) is 70.5 Å². The van der Waals surface area contributed by atoms with E-state index >= 15 is 0 Å². The van der Waals surface area contributed by atoms with Crippen LogP contribution in [0, 0.1) is 0 Å². The number of rotatable bonds is 5. The summed E-state index contributed by atoms with van der Waals surface area (Å²) < 4.78 is 41.6. The lowest BCUT2D eigenvalue weighted by molar-refractivity contribution is -0.274. The lowest BCUT2D eigenvalue weighted by Crippen LogP contribution is -2.31. The highest BCUT2D eigenvalue weighted by Crippen LogP contribution is 2.40. The first-order valence-corrected chi connectivity index (χ1v) is 10.7. The number of alkyl halides is 3. The number of ether oxygens (including phenoxy) is 1. The van der Waals surface area contributed by atoms with Crippen molar-refractivity contribution >= 4 is 28.9 Å². The van der Waals surface area contributed by atoms with E-state index in [0.717, 1.165) is 41.3 Å². The summed E-state index contributed by atoms with van der Waals surface area (Å²) in [5.41, 5.74) is 2.66. The number of anilines is 3. The molecule has 2 heterocycles. The Balaban J connectivity index is 1.39. The number of fused-ring (bicyclic) bond motifs is 1. The first kappa shape index (κ1) is 20.9. The Morgan fingerprint density at radius 1 is 1.03 bits per heavy atom. The Morgan fingerprint density at radius 3 is 2.62 bits per heavy atom. The van der Waals surface area contributed by atoms with Crippen molar-refractivity contribution in [1.82, 2.24) is 9.97 Å². The Hall–Kier alpha value is -3.00. The fourth-order valence-corrected chi connectivity index (χ4v) is 4.03. The van der Waals surface area contributed by atoms with Gasteiger partial charge in [0, 0.05) is 35.8 Å². The predicted molar refractivity (Wildman–Crippen MR) is 117 cm³/mol. The molecule has 1 saturated carbocycles. The second kappa shape index (κ2) is 8.16. The van der Waals surface area contributed by atoms with Crippen LogP contribution in [-0.2, 0) is 13.0 Å². The molecule has 1 aliphatic carbocycles. The van der Waals surface area contributed by atoms with Gasteiger partial charge in [0.25, 0.3) is 0 Å². The van der Waals surface area contributed by atoms with Gasteiger partial charge in [-0.15, -0.1) is 13.2 Å². The quantitative estimate of drug-likeness (QED) is 0.490. The predicted octanol–water partition coefficient (Wildman–Crippen LogP) is 6.21. The number of aromatic nitrogens is 2. The molecule has 0 amide bonds. The van der Waals surface area contributed by atoms with Crippen molar-refractivity contribution in [2.75, 3.05) is 16.8 Å². The molecular weight excluding hydrogens is 441 g/mol. The average molecular weight is 461 g/mol. The van der Waals surface area contributed by atoms with E-state index in [4.69, 9.17) is 21.6 Å². The molecule has 1 N–H and O–H groups in total. The normalized spacial score (nSPS) is 15.9. The van der Waals surface area contributed by atoms with Gasteiger partial charge < -0.3 is 15.0 Å². The molecular formula is C23H20ClF3N4O. The minimum absolute atomic E-state index is 0.184. The van der Waals surface area contributed by atoms with Crippen molar-refractivity contribution in [2.24, 2.45) is 0 Å². The van der Waals surface area contributed by atoms with E-state index in [2.05, 4.69) is 15.0 Å². The summed E-state index contributed by atoms with van der Waals surface area (Å²) in [5, 5.41) is 3.94. The van der Waals surface area contributed by atoms with Gasteiger partial charge in [-0.05, 0) is 60.7 Å². The van der Waals surface area contributed by atoms with E-state index in [1.807, 2.05) is 30.3 Å². The molecule has 0 radical (unpaired) electrons.